The molecule has 1 saturated heterocycles. The molecule has 2 heterocycles. The fraction of sp³-hybridized carbons (Fsp3) is 0.538. The average Bonchev–Trinajstić information content (AvgIpc) is 2.77. The molecule has 92 valence electrons. The first-order chi connectivity index (χ1) is 8.09. The molecule has 1 fully saturated rings. The molecule has 1 unspecified atom stereocenters. The van der Waals surface area contributed by atoms with Crippen LogP contribution in [0.2, 0.25) is 5.15 Å². The highest BCUT2D eigenvalue weighted by Gasteiger charge is 2.31. The standard InChI is InChI=1S/C13H17ClN2O/c1-9(2)11-6-4-8-16(11)13(17)10-5-3-7-12(14)15-10/h3,5,7,9,11H,4,6,8H2,1-2H3. The Balaban J connectivity index is 2.20. The lowest BCUT2D eigenvalue weighted by Gasteiger charge is -2.27. The predicted molar refractivity (Wildman–Crippen MR) is 68.1 cm³/mol. The lowest BCUT2D eigenvalue weighted by Crippen LogP contribution is -2.38. The van der Waals surface area contributed by atoms with Crippen molar-refractivity contribution in [2.24, 2.45) is 5.92 Å². The van der Waals surface area contributed by atoms with Gasteiger partial charge in [0.1, 0.15) is 10.8 Å². The zero-order valence-electron chi connectivity index (χ0n) is 10.2. The number of carbonyl (C=O) groups is 1. The molecule has 4 heteroatoms. The van der Waals surface area contributed by atoms with E-state index in [1.807, 2.05) is 4.90 Å². The van der Waals surface area contributed by atoms with Crippen molar-refractivity contribution in [2.75, 3.05) is 6.54 Å². The molecule has 1 aromatic rings. The quantitative estimate of drug-likeness (QED) is 0.758. The number of carbonyl (C=O) groups excluding carboxylic acids is 1. The molecule has 0 N–H and O–H groups in total. The molecule has 0 aromatic carbocycles. The summed E-state index contributed by atoms with van der Waals surface area (Å²) in [5.41, 5.74) is 0.449. The monoisotopic (exact) mass is 252 g/mol. The molecule has 1 atom stereocenters. The highest BCUT2D eigenvalue weighted by Crippen LogP contribution is 2.25. The first-order valence-corrected chi connectivity index (χ1v) is 6.41. The average molecular weight is 253 g/mol. The second-order valence-electron chi connectivity index (χ2n) is 4.80. The van der Waals surface area contributed by atoms with E-state index < -0.39 is 0 Å². The molecule has 2 rings (SSSR count). The van der Waals surface area contributed by atoms with Gasteiger partial charge in [0.25, 0.3) is 5.91 Å². The summed E-state index contributed by atoms with van der Waals surface area (Å²) in [7, 11) is 0. The van der Waals surface area contributed by atoms with Gasteiger partial charge in [-0.05, 0) is 30.9 Å². The highest BCUT2D eigenvalue weighted by molar-refractivity contribution is 6.29. The summed E-state index contributed by atoms with van der Waals surface area (Å²) in [4.78, 5) is 18.3. The van der Waals surface area contributed by atoms with E-state index in [1.165, 1.54) is 0 Å². The maximum absolute atomic E-state index is 12.3. The largest absolute Gasteiger partial charge is 0.334 e. The van der Waals surface area contributed by atoms with Crippen molar-refractivity contribution in [2.45, 2.75) is 32.7 Å². The molecule has 0 radical (unpaired) electrons. The minimum atomic E-state index is 0.00343. The van der Waals surface area contributed by atoms with Crippen molar-refractivity contribution in [1.29, 1.82) is 0 Å². The molecule has 17 heavy (non-hydrogen) atoms. The number of amides is 1. The Labute approximate surface area is 107 Å². The van der Waals surface area contributed by atoms with E-state index in [0.29, 0.717) is 22.8 Å². The summed E-state index contributed by atoms with van der Waals surface area (Å²) in [6.45, 7) is 5.14. The van der Waals surface area contributed by atoms with Crippen molar-refractivity contribution < 1.29 is 4.79 Å². The zero-order chi connectivity index (χ0) is 12.4. The van der Waals surface area contributed by atoms with Crippen molar-refractivity contribution in [1.82, 2.24) is 9.88 Å². The molecule has 0 saturated carbocycles. The lowest BCUT2D eigenvalue weighted by atomic mass is 10.0. The fourth-order valence-corrected chi connectivity index (χ4v) is 2.58. The van der Waals surface area contributed by atoms with Crippen molar-refractivity contribution in [3.8, 4) is 0 Å². The third-order valence-electron chi connectivity index (χ3n) is 3.26. The Morgan fingerprint density at radius 1 is 1.53 bits per heavy atom. The Morgan fingerprint density at radius 3 is 2.94 bits per heavy atom. The van der Waals surface area contributed by atoms with Crippen LogP contribution < -0.4 is 0 Å². The topological polar surface area (TPSA) is 33.2 Å². The number of nitrogens with zero attached hydrogens (tertiary/aromatic N) is 2. The Kier molecular flexibility index (Phi) is 3.67. The van der Waals surface area contributed by atoms with E-state index in [4.69, 9.17) is 11.6 Å². The van der Waals surface area contributed by atoms with Crippen molar-refractivity contribution >= 4 is 17.5 Å². The van der Waals surface area contributed by atoms with Crippen LogP contribution in [0.15, 0.2) is 18.2 Å². The van der Waals surface area contributed by atoms with E-state index in [1.54, 1.807) is 18.2 Å². The number of halogens is 1. The van der Waals surface area contributed by atoms with Gasteiger partial charge >= 0.3 is 0 Å². The minimum absolute atomic E-state index is 0.00343. The second kappa shape index (κ2) is 5.05. The molecule has 1 aliphatic rings. The van der Waals surface area contributed by atoms with Gasteiger partial charge in [0.05, 0.1) is 0 Å². The smallest absolute Gasteiger partial charge is 0.272 e. The summed E-state index contributed by atoms with van der Waals surface area (Å²) in [5, 5.41) is 0.371. The molecule has 0 spiro atoms. The Bertz CT molecular complexity index is 420. The van der Waals surface area contributed by atoms with Gasteiger partial charge in [-0.2, -0.15) is 0 Å². The van der Waals surface area contributed by atoms with Crippen LogP contribution in [0.25, 0.3) is 0 Å². The molecule has 3 nitrogen and oxygen atoms in total. The minimum Gasteiger partial charge on any atom is -0.334 e. The third-order valence-corrected chi connectivity index (χ3v) is 3.47. The van der Waals surface area contributed by atoms with Crippen LogP contribution in [0.5, 0.6) is 0 Å². The van der Waals surface area contributed by atoms with Gasteiger partial charge in [-0.15, -0.1) is 0 Å². The van der Waals surface area contributed by atoms with E-state index in [0.717, 1.165) is 19.4 Å². The summed E-state index contributed by atoms with van der Waals surface area (Å²) in [5.74, 6) is 0.490. The number of likely N-dealkylation sites (tertiary alicyclic amines) is 1. The number of rotatable bonds is 2. The second-order valence-corrected chi connectivity index (χ2v) is 5.18. The third kappa shape index (κ3) is 2.60. The molecule has 1 aliphatic heterocycles. The number of hydrogen-bond acceptors (Lipinski definition) is 2. The molecular weight excluding hydrogens is 236 g/mol. The summed E-state index contributed by atoms with van der Waals surface area (Å²) in [6, 6.07) is 5.51. The van der Waals surface area contributed by atoms with Gasteiger partial charge < -0.3 is 4.90 Å². The molecule has 0 aliphatic carbocycles. The van der Waals surface area contributed by atoms with Crippen LogP contribution in [0.4, 0.5) is 0 Å². The van der Waals surface area contributed by atoms with Crippen LogP contribution >= 0.6 is 11.6 Å². The van der Waals surface area contributed by atoms with E-state index in [9.17, 15) is 4.79 Å². The summed E-state index contributed by atoms with van der Waals surface area (Å²) >= 11 is 5.81. The van der Waals surface area contributed by atoms with Gasteiger partial charge in [-0.3, -0.25) is 4.79 Å². The summed E-state index contributed by atoms with van der Waals surface area (Å²) < 4.78 is 0. The van der Waals surface area contributed by atoms with Crippen LogP contribution in [-0.2, 0) is 0 Å². The van der Waals surface area contributed by atoms with Crippen molar-refractivity contribution in [3.05, 3.63) is 29.0 Å². The van der Waals surface area contributed by atoms with Gasteiger partial charge in [0, 0.05) is 12.6 Å². The van der Waals surface area contributed by atoms with E-state index in [-0.39, 0.29) is 5.91 Å². The van der Waals surface area contributed by atoms with Gasteiger partial charge in [0.15, 0.2) is 0 Å². The van der Waals surface area contributed by atoms with E-state index in [2.05, 4.69) is 18.8 Å². The lowest BCUT2D eigenvalue weighted by molar-refractivity contribution is 0.0695. The first kappa shape index (κ1) is 12.4. The van der Waals surface area contributed by atoms with Crippen LogP contribution in [0.3, 0.4) is 0 Å². The maximum Gasteiger partial charge on any atom is 0.272 e. The van der Waals surface area contributed by atoms with Gasteiger partial charge in [-0.25, -0.2) is 4.98 Å². The van der Waals surface area contributed by atoms with Crippen LogP contribution in [0, 0.1) is 5.92 Å². The maximum atomic E-state index is 12.3. The van der Waals surface area contributed by atoms with Gasteiger partial charge in [-0.1, -0.05) is 31.5 Å². The zero-order valence-corrected chi connectivity index (χ0v) is 10.9. The summed E-state index contributed by atoms with van der Waals surface area (Å²) in [6.07, 6.45) is 2.17. The van der Waals surface area contributed by atoms with Gasteiger partial charge in [0.2, 0.25) is 0 Å². The first-order valence-electron chi connectivity index (χ1n) is 6.03. The number of hydrogen-bond donors (Lipinski definition) is 0. The number of aromatic nitrogens is 1. The number of pyridine rings is 1. The molecule has 0 bridgehead atoms. The SMILES string of the molecule is CC(C)C1CCCN1C(=O)c1cccc(Cl)n1. The molecule has 1 amide bonds. The molecule has 1 aromatic heterocycles. The Morgan fingerprint density at radius 2 is 2.29 bits per heavy atom. The van der Waals surface area contributed by atoms with Crippen LogP contribution in [-0.4, -0.2) is 28.4 Å². The Hall–Kier alpha value is -1.09. The van der Waals surface area contributed by atoms with Crippen LogP contribution in [0.1, 0.15) is 37.2 Å². The van der Waals surface area contributed by atoms with E-state index >= 15 is 0 Å². The predicted octanol–water partition coefficient (Wildman–Crippen LogP) is 3.00. The highest BCUT2D eigenvalue weighted by atomic mass is 35.5. The normalized spacial score (nSPS) is 20.0. The van der Waals surface area contributed by atoms with Crippen molar-refractivity contribution in [3.63, 3.8) is 0 Å². The fourth-order valence-electron chi connectivity index (χ4n) is 2.41. The molecular formula is C13H17ClN2O.